The Bertz CT molecular complexity index is 353. The van der Waals surface area contributed by atoms with Gasteiger partial charge in [0.15, 0.2) is 0 Å². The molecule has 0 aliphatic rings. The van der Waals surface area contributed by atoms with Gasteiger partial charge in [0.05, 0.1) is 6.42 Å². The molecule has 0 aromatic carbocycles. The molecule has 2 N–H and O–H groups in total. The molecule has 1 aromatic heterocycles. The van der Waals surface area contributed by atoms with Crippen molar-refractivity contribution in [3.63, 3.8) is 0 Å². The Kier molecular flexibility index (Phi) is 3.78. The van der Waals surface area contributed by atoms with Gasteiger partial charge in [-0.05, 0) is 21.0 Å². The molecule has 6 heteroatoms. The van der Waals surface area contributed by atoms with Crippen LogP contribution in [0.2, 0.25) is 0 Å². The molecule has 0 saturated heterocycles. The molecule has 0 radical (unpaired) electrons. The normalized spacial score (nSPS) is 12.8. The summed E-state index contributed by atoms with van der Waals surface area (Å²) in [4.78, 5) is 18.1. The van der Waals surface area contributed by atoms with Crippen LogP contribution in [0.5, 0.6) is 11.8 Å². The molecule has 0 aliphatic heterocycles. The van der Waals surface area contributed by atoms with Crippen molar-refractivity contribution in [3.05, 3.63) is 12.1 Å². The average Bonchev–Trinajstić information content (AvgIpc) is 2.49. The van der Waals surface area contributed by atoms with E-state index in [9.17, 15) is 15.0 Å². The zero-order valence-electron chi connectivity index (χ0n) is 9.54. The number of hydrogen-bond acceptors (Lipinski definition) is 5. The summed E-state index contributed by atoms with van der Waals surface area (Å²) in [6.45, 7) is 1.87. The van der Waals surface area contributed by atoms with Gasteiger partial charge >= 0.3 is 5.97 Å². The molecule has 1 heterocycles. The molecule has 1 unspecified atom stereocenters. The molecule has 1 aromatic rings. The minimum atomic E-state index is -0.525. The highest BCUT2D eigenvalue weighted by atomic mass is 16.7. The average molecular weight is 228 g/mol. The van der Waals surface area contributed by atoms with E-state index in [4.69, 9.17) is 4.84 Å². The molecule has 0 aliphatic carbocycles. The van der Waals surface area contributed by atoms with E-state index in [2.05, 4.69) is 0 Å². The fourth-order valence-corrected chi connectivity index (χ4v) is 1.06. The number of nitrogens with zero attached hydrogens (tertiary/aromatic N) is 2. The van der Waals surface area contributed by atoms with Gasteiger partial charge in [0.1, 0.15) is 0 Å². The second-order valence-corrected chi connectivity index (χ2v) is 3.82. The molecule has 6 nitrogen and oxygen atoms in total. The predicted octanol–water partition coefficient (Wildman–Crippen LogP) is 0.195. The molecular formula is C10H16N2O4. The SMILES string of the molecule is CC(CC(=O)On1c(O)ccc1O)N(C)C. The van der Waals surface area contributed by atoms with Crippen molar-refractivity contribution in [2.24, 2.45) is 0 Å². The quantitative estimate of drug-likeness (QED) is 0.769. The van der Waals surface area contributed by atoms with E-state index in [1.807, 2.05) is 25.9 Å². The molecule has 1 atom stereocenters. The van der Waals surface area contributed by atoms with Gasteiger partial charge in [-0.25, -0.2) is 4.79 Å². The summed E-state index contributed by atoms with van der Waals surface area (Å²) in [7, 11) is 3.70. The standard InChI is InChI=1S/C10H16N2O4/c1-7(11(2)3)6-10(15)16-12-8(13)4-5-9(12)14/h4-5,7,13-14H,6H2,1-3H3. The Balaban J connectivity index is 2.59. The lowest BCUT2D eigenvalue weighted by Gasteiger charge is -2.18. The largest absolute Gasteiger partial charge is 0.492 e. The predicted molar refractivity (Wildman–Crippen MR) is 57.1 cm³/mol. The maximum atomic E-state index is 11.4. The van der Waals surface area contributed by atoms with E-state index in [0.717, 1.165) is 0 Å². The molecule has 0 saturated carbocycles. The van der Waals surface area contributed by atoms with Gasteiger partial charge in [0.25, 0.3) is 0 Å². The third-order valence-electron chi connectivity index (χ3n) is 2.33. The zero-order chi connectivity index (χ0) is 12.3. The second-order valence-electron chi connectivity index (χ2n) is 3.82. The lowest BCUT2D eigenvalue weighted by molar-refractivity contribution is -0.146. The molecule has 1 rings (SSSR count). The first-order chi connectivity index (χ1) is 7.41. The summed E-state index contributed by atoms with van der Waals surface area (Å²) < 4.78 is 0.685. The minimum Gasteiger partial charge on any atom is -0.492 e. The highest BCUT2D eigenvalue weighted by Crippen LogP contribution is 2.18. The van der Waals surface area contributed by atoms with Crippen molar-refractivity contribution < 1.29 is 19.8 Å². The third-order valence-corrected chi connectivity index (χ3v) is 2.33. The van der Waals surface area contributed by atoms with Gasteiger partial charge in [-0.15, -0.1) is 4.73 Å². The van der Waals surface area contributed by atoms with Crippen molar-refractivity contribution >= 4 is 5.97 Å². The molecular weight excluding hydrogens is 212 g/mol. The van der Waals surface area contributed by atoms with Crippen LogP contribution in [-0.4, -0.2) is 45.9 Å². The van der Waals surface area contributed by atoms with Crippen molar-refractivity contribution in [2.75, 3.05) is 14.1 Å². The Morgan fingerprint density at radius 1 is 1.44 bits per heavy atom. The van der Waals surface area contributed by atoms with Crippen molar-refractivity contribution in [1.82, 2.24) is 9.63 Å². The highest BCUT2D eigenvalue weighted by molar-refractivity contribution is 5.70. The summed E-state index contributed by atoms with van der Waals surface area (Å²) in [6.07, 6.45) is 0.171. The van der Waals surface area contributed by atoms with E-state index in [0.29, 0.717) is 4.73 Å². The minimum absolute atomic E-state index is 0.0207. The number of carbonyl (C=O) groups excluding carboxylic acids is 1. The van der Waals surface area contributed by atoms with Gasteiger partial charge < -0.3 is 20.0 Å². The maximum Gasteiger partial charge on any atom is 0.334 e. The van der Waals surface area contributed by atoms with E-state index < -0.39 is 5.97 Å². The van der Waals surface area contributed by atoms with Crippen LogP contribution in [0.4, 0.5) is 0 Å². The lowest BCUT2D eigenvalue weighted by atomic mass is 10.2. The lowest BCUT2D eigenvalue weighted by Crippen LogP contribution is -2.31. The fraction of sp³-hybridized carbons (Fsp3) is 0.500. The van der Waals surface area contributed by atoms with Crippen LogP contribution in [0.25, 0.3) is 0 Å². The van der Waals surface area contributed by atoms with Gasteiger partial charge in [-0.1, -0.05) is 0 Å². The Morgan fingerprint density at radius 2 is 1.94 bits per heavy atom. The third kappa shape index (κ3) is 2.90. The number of aromatic nitrogens is 1. The van der Waals surface area contributed by atoms with Gasteiger partial charge in [-0.2, -0.15) is 0 Å². The molecule has 16 heavy (non-hydrogen) atoms. The van der Waals surface area contributed by atoms with Crippen LogP contribution in [-0.2, 0) is 4.79 Å². The molecule has 90 valence electrons. The first-order valence-electron chi connectivity index (χ1n) is 4.89. The fourth-order valence-electron chi connectivity index (χ4n) is 1.06. The summed E-state index contributed by atoms with van der Waals surface area (Å²) in [6, 6.07) is 2.49. The maximum absolute atomic E-state index is 11.4. The van der Waals surface area contributed by atoms with E-state index >= 15 is 0 Å². The molecule has 0 fully saturated rings. The zero-order valence-corrected chi connectivity index (χ0v) is 9.54. The molecule has 0 spiro atoms. The molecule has 0 amide bonds. The number of rotatable bonds is 4. The van der Waals surface area contributed by atoms with Gasteiger partial charge in [0.2, 0.25) is 11.8 Å². The van der Waals surface area contributed by atoms with Crippen molar-refractivity contribution in [3.8, 4) is 11.8 Å². The second kappa shape index (κ2) is 4.89. The van der Waals surface area contributed by atoms with E-state index in [1.54, 1.807) is 0 Å². The van der Waals surface area contributed by atoms with Gasteiger partial charge in [0, 0.05) is 18.2 Å². The van der Waals surface area contributed by atoms with E-state index in [-0.39, 0.29) is 24.2 Å². The monoisotopic (exact) mass is 228 g/mol. The van der Waals surface area contributed by atoms with Crippen LogP contribution in [0.3, 0.4) is 0 Å². The van der Waals surface area contributed by atoms with Crippen molar-refractivity contribution in [2.45, 2.75) is 19.4 Å². The Morgan fingerprint density at radius 3 is 2.38 bits per heavy atom. The number of aromatic hydroxyl groups is 2. The summed E-state index contributed by atoms with van der Waals surface area (Å²) in [5, 5.41) is 18.5. The first-order valence-corrected chi connectivity index (χ1v) is 4.89. The smallest absolute Gasteiger partial charge is 0.334 e. The Labute approximate surface area is 93.6 Å². The molecule has 0 bridgehead atoms. The van der Waals surface area contributed by atoms with Gasteiger partial charge in [-0.3, -0.25) is 0 Å². The number of carbonyl (C=O) groups is 1. The summed E-state index contributed by atoms with van der Waals surface area (Å²) >= 11 is 0. The van der Waals surface area contributed by atoms with Crippen LogP contribution in [0.1, 0.15) is 13.3 Å². The summed E-state index contributed by atoms with van der Waals surface area (Å²) in [5.41, 5.74) is 0. The topological polar surface area (TPSA) is 74.9 Å². The van der Waals surface area contributed by atoms with Crippen molar-refractivity contribution in [1.29, 1.82) is 0 Å². The van der Waals surface area contributed by atoms with Crippen LogP contribution < -0.4 is 4.84 Å². The van der Waals surface area contributed by atoms with Crippen LogP contribution in [0.15, 0.2) is 12.1 Å². The van der Waals surface area contributed by atoms with Crippen LogP contribution >= 0.6 is 0 Å². The first kappa shape index (κ1) is 12.4. The Hall–Kier alpha value is -1.69. The number of hydrogen-bond donors (Lipinski definition) is 2. The van der Waals surface area contributed by atoms with E-state index in [1.165, 1.54) is 12.1 Å². The van der Waals surface area contributed by atoms with Crippen LogP contribution in [0, 0.1) is 0 Å². The summed E-state index contributed by atoms with van der Waals surface area (Å²) in [5.74, 6) is -1.16. The highest BCUT2D eigenvalue weighted by Gasteiger charge is 2.16.